The standard InChI is InChI=1S/C19H37N3O/c1-15(2)5-8-20-19(23)22-9-6-18(7-10-22)14-21-12-16(3)11-17(4)13-21/h15-18H,5-14H2,1-4H3,(H,20,23). The maximum Gasteiger partial charge on any atom is 0.317 e. The van der Waals surface area contributed by atoms with E-state index in [0.717, 1.165) is 56.7 Å². The third-order valence-electron chi connectivity index (χ3n) is 5.36. The third kappa shape index (κ3) is 6.33. The molecule has 2 heterocycles. The van der Waals surface area contributed by atoms with Gasteiger partial charge in [0, 0.05) is 39.3 Å². The number of urea groups is 1. The molecule has 1 N–H and O–H groups in total. The van der Waals surface area contributed by atoms with E-state index in [1.54, 1.807) is 0 Å². The quantitative estimate of drug-likeness (QED) is 0.841. The van der Waals surface area contributed by atoms with Crippen molar-refractivity contribution >= 4 is 6.03 Å². The van der Waals surface area contributed by atoms with Crippen LogP contribution in [0, 0.1) is 23.7 Å². The number of hydrogen-bond donors (Lipinski definition) is 1. The number of nitrogens with zero attached hydrogens (tertiary/aromatic N) is 2. The first kappa shape index (κ1) is 18.6. The summed E-state index contributed by atoms with van der Waals surface area (Å²) in [7, 11) is 0. The molecule has 0 aromatic heterocycles. The van der Waals surface area contributed by atoms with E-state index in [9.17, 15) is 4.79 Å². The van der Waals surface area contributed by atoms with Crippen LogP contribution >= 0.6 is 0 Å². The molecule has 0 spiro atoms. The Morgan fingerprint density at radius 3 is 2.30 bits per heavy atom. The van der Waals surface area contributed by atoms with Gasteiger partial charge in [0.25, 0.3) is 0 Å². The van der Waals surface area contributed by atoms with Crippen molar-refractivity contribution < 1.29 is 4.79 Å². The molecule has 4 heteroatoms. The molecule has 0 bridgehead atoms. The topological polar surface area (TPSA) is 35.6 Å². The van der Waals surface area contributed by atoms with Gasteiger partial charge in [-0.15, -0.1) is 0 Å². The number of rotatable bonds is 5. The highest BCUT2D eigenvalue weighted by Crippen LogP contribution is 2.24. The molecule has 0 aromatic rings. The molecule has 134 valence electrons. The molecule has 2 atom stereocenters. The lowest BCUT2D eigenvalue weighted by Crippen LogP contribution is -2.47. The van der Waals surface area contributed by atoms with Gasteiger partial charge in [0.2, 0.25) is 0 Å². The molecule has 0 radical (unpaired) electrons. The Morgan fingerprint density at radius 2 is 1.74 bits per heavy atom. The first-order chi connectivity index (χ1) is 10.9. The molecular formula is C19H37N3O. The summed E-state index contributed by atoms with van der Waals surface area (Å²) in [4.78, 5) is 16.8. The minimum Gasteiger partial charge on any atom is -0.338 e. The molecular weight excluding hydrogens is 286 g/mol. The average molecular weight is 324 g/mol. The van der Waals surface area contributed by atoms with Crippen LogP contribution in [0.25, 0.3) is 0 Å². The van der Waals surface area contributed by atoms with Gasteiger partial charge in [-0.25, -0.2) is 4.79 Å². The molecule has 0 aromatic carbocycles. The summed E-state index contributed by atoms with van der Waals surface area (Å²) in [6, 6.07) is 0.143. The average Bonchev–Trinajstić information content (AvgIpc) is 2.46. The highest BCUT2D eigenvalue weighted by Gasteiger charge is 2.27. The Kier molecular flexibility index (Phi) is 7.19. The van der Waals surface area contributed by atoms with Gasteiger partial charge in [0.15, 0.2) is 0 Å². The molecule has 2 aliphatic rings. The number of carbonyl (C=O) groups excluding carboxylic acids is 1. The van der Waals surface area contributed by atoms with Gasteiger partial charge in [0.1, 0.15) is 0 Å². The lowest BCUT2D eigenvalue weighted by molar-refractivity contribution is 0.0995. The number of piperidine rings is 2. The SMILES string of the molecule is CC(C)CCNC(=O)N1CCC(CN2CC(C)CC(C)C2)CC1. The van der Waals surface area contributed by atoms with Crippen LogP contribution in [-0.4, -0.2) is 55.1 Å². The number of amides is 2. The second kappa shape index (κ2) is 8.91. The summed E-state index contributed by atoms with van der Waals surface area (Å²) in [5.74, 6) is 3.10. The van der Waals surface area contributed by atoms with Crippen molar-refractivity contribution in [1.29, 1.82) is 0 Å². The second-order valence-corrected chi connectivity index (χ2v) is 8.51. The zero-order valence-corrected chi connectivity index (χ0v) is 15.7. The Balaban J connectivity index is 1.66. The third-order valence-corrected chi connectivity index (χ3v) is 5.36. The maximum atomic E-state index is 12.2. The second-order valence-electron chi connectivity index (χ2n) is 8.51. The molecule has 2 rings (SSSR count). The fourth-order valence-electron chi connectivity index (χ4n) is 4.20. The number of carbonyl (C=O) groups is 1. The number of hydrogen-bond acceptors (Lipinski definition) is 2. The van der Waals surface area contributed by atoms with E-state index in [1.165, 1.54) is 26.1 Å². The van der Waals surface area contributed by atoms with E-state index in [2.05, 4.69) is 37.9 Å². The summed E-state index contributed by atoms with van der Waals surface area (Å²) in [5.41, 5.74) is 0. The molecule has 0 saturated carbocycles. The van der Waals surface area contributed by atoms with Crippen LogP contribution in [-0.2, 0) is 0 Å². The molecule has 2 fully saturated rings. The normalized spacial score (nSPS) is 27.4. The van der Waals surface area contributed by atoms with Gasteiger partial charge in [-0.2, -0.15) is 0 Å². The first-order valence-electron chi connectivity index (χ1n) is 9.69. The van der Waals surface area contributed by atoms with Crippen LogP contribution in [0.4, 0.5) is 4.79 Å². The monoisotopic (exact) mass is 323 g/mol. The lowest BCUT2D eigenvalue weighted by atomic mass is 9.89. The highest BCUT2D eigenvalue weighted by molar-refractivity contribution is 5.74. The Hall–Kier alpha value is -0.770. The van der Waals surface area contributed by atoms with Crippen LogP contribution in [0.5, 0.6) is 0 Å². The van der Waals surface area contributed by atoms with Gasteiger partial charge >= 0.3 is 6.03 Å². The van der Waals surface area contributed by atoms with Gasteiger partial charge < -0.3 is 15.1 Å². The van der Waals surface area contributed by atoms with Gasteiger partial charge in [-0.3, -0.25) is 0 Å². The minimum absolute atomic E-state index is 0.143. The molecule has 4 nitrogen and oxygen atoms in total. The summed E-state index contributed by atoms with van der Waals surface area (Å²) in [6.45, 7) is 15.6. The molecule has 23 heavy (non-hydrogen) atoms. The Labute approximate surface area is 143 Å². The fraction of sp³-hybridized carbons (Fsp3) is 0.947. The Morgan fingerprint density at radius 1 is 1.13 bits per heavy atom. The number of likely N-dealkylation sites (tertiary alicyclic amines) is 2. The van der Waals surface area contributed by atoms with Crippen molar-refractivity contribution in [2.75, 3.05) is 39.3 Å². The van der Waals surface area contributed by atoms with Crippen molar-refractivity contribution in [3.8, 4) is 0 Å². The molecule has 2 amide bonds. The summed E-state index contributed by atoms with van der Waals surface area (Å²) >= 11 is 0. The van der Waals surface area contributed by atoms with E-state index in [-0.39, 0.29) is 6.03 Å². The fourth-order valence-corrected chi connectivity index (χ4v) is 4.20. The van der Waals surface area contributed by atoms with E-state index in [4.69, 9.17) is 0 Å². The van der Waals surface area contributed by atoms with Crippen LogP contribution < -0.4 is 5.32 Å². The van der Waals surface area contributed by atoms with E-state index in [0.29, 0.717) is 5.92 Å². The highest BCUT2D eigenvalue weighted by atomic mass is 16.2. The maximum absolute atomic E-state index is 12.2. The van der Waals surface area contributed by atoms with E-state index < -0.39 is 0 Å². The zero-order chi connectivity index (χ0) is 16.8. The van der Waals surface area contributed by atoms with Gasteiger partial charge in [-0.1, -0.05) is 27.7 Å². The smallest absolute Gasteiger partial charge is 0.317 e. The first-order valence-corrected chi connectivity index (χ1v) is 9.69. The largest absolute Gasteiger partial charge is 0.338 e. The Bertz CT molecular complexity index is 354. The predicted octanol–water partition coefficient (Wildman–Crippen LogP) is 3.43. The van der Waals surface area contributed by atoms with Crippen molar-refractivity contribution in [3.63, 3.8) is 0 Å². The van der Waals surface area contributed by atoms with Crippen molar-refractivity contribution in [3.05, 3.63) is 0 Å². The summed E-state index contributed by atoms with van der Waals surface area (Å²) < 4.78 is 0. The molecule has 0 aliphatic carbocycles. The minimum atomic E-state index is 0.143. The van der Waals surface area contributed by atoms with E-state index >= 15 is 0 Å². The van der Waals surface area contributed by atoms with E-state index in [1.807, 2.05) is 4.90 Å². The van der Waals surface area contributed by atoms with Crippen LogP contribution in [0.2, 0.25) is 0 Å². The van der Waals surface area contributed by atoms with Crippen LogP contribution in [0.3, 0.4) is 0 Å². The summed E-state index contributed by atoms with van der Waals surface area (Å²) in [5, 5.41) is 3.07. The molecule has 2 aliphatic heterocycles. The van der Waals surface area contributed by atoms with Crippen molar-refractivity contribution in [2.24, 2.45) is 23.7 Å². The van der Waals surface area contributed by atoms with Crippen molar-refractivity contribution in [1.82, 2.24) is 15.1 Å². The molecule has 2 saturated heterocycles. The predicted molar refractivity (Wildman–Crippen MR) is 96.5 cm³/mol. The van der Waals surface area contributed by atoms with Crippen LogP contribution in [0.1, 0.15) is 53.4 Å². The van der Waals surface area contributed by atoms with Gasteiger partial charge in [0.05, 0.1) is 0 Å². The summed E-state index contributed by atoms with van der Waals surface area (Å²) in [6.07, 6.45) is 4.77. The van der Waals surface area contributed by atoms with Gasteiger partial charge in [-0.05, 0) is 49.4 Å². The van der Waals surface area contributed by atoms with Crippen molar-refractivity contribution in [2.45, 2.75) is 53.4 Å². The van der Waals surface area contributed by atoms with Crippen LogP contribution in [0.15, 0.2) is 0 Å². The lowest BCUT2D eigenvalue weighted by Gasteiger charge is -2.39. The molecule has 2 unspecified atom stereocenters. The number of nitrogens with one attached hydrogen (secondary N) is 1. The zero-order valence-electron chi connectivity index (χ0n) is 15.7.